The number of hydrogen-bond donors (Lipinski definition) is 2. The Bertz CT molecular complexity index is 372. The van der Waals surface area contributed by atoms with Crippen LogP contribution in [0.1, 0.15) is 19.7 Å². The lowest BCUT2D eigenvalue weighted by Gasteiger charge is -2.15. The molecular formula is C13H25N5O. The number of hydrogen-bond acceptors (Lipinski definition) is 6. The maximum atomic E-state index is 5.35. The summed E-state index contributed by atoms with van der Waals surface area (Å²) in [6, 6.07) is 1.90. The van der Waals surface area contributed by atoms with Crippen LogP contribution in [0.3, 0.4) is 0 Å². The van der Waals surface area contributed by atoms with Gasteiger partial charge in [-0.05, 0) is 20.5 Å². The van der Waals surface area contributed by atoms with Crippen LogP contribution in [0.2, 0.25) is 0 Å². The lowest BCUT2D eigenvalue weighted by Crippen LogP contribution is -2.25. The zero-order chi connectivity index (χ0) is 14.1. The first kappa shape index (κ1) is 15.7. The topological polar surface area (TPSA) is 62.3 Å². The van der Waals surface area contributed by atoms with Crippen molar-refractivity contribution in [1.82, 2.24) is 14.9 Å². The molecule has 6 heteroatoms. The summed E-state index contributed by atoms with van der Waals surface area (Å²) in [6.45, 7) is 8.09. The molecule has 1 heterocycles. The summed E-state index contributed by atoms with van der Waals surface area (Å²) in [6.07, 6.45) is 0. The summed E-state index contributed by atoms with van der Waals surface area (Å²) in [5.41, 5.74) is 0. The van der Waals surface area contributed by atoms with E-state index in [1.807, 2.05) is 20.0 Å². The van der Waals surface area contributed by atoms with Crippen molar-refractivity contribution in [2.45, 2.75) is 20.5 Å². The van der Waals surface area contributed by atoms with Crippen LogP contribution in [0.25, 0.3) is 0 Å². The summed E-state index contributed by atoms with van der Waals surface area (Å²) >= 11 is 0. The molecule has 0 aliphatic rings. The minimum absolute atomic E-state index is 0.440. The number of rotatable bonds is 9. The van der Waals surface area contributed by atoms with Crippen molar-refractivity contribution in [3.8, 4) is 0 Å². The third-order valence-electron chi connectivity index (χ3n) is 2.80. The lowest BCUT2D eigenvalue weighted by atomic mass is 10.4. The van der Waals surface area contributed by atoms with Crippen molar-refractivity contribution in [2.75, 3.05) is 51.0 Å². The monoisotopic (exact) mass is 267 g/mol. The van der Waals surface area contributed by atoms with Gasteiger partial charge in [0.1, 0.15) is 18.2 Å². The SMILES string of the molecule is CCOCc1nc(NC)cc(NCCN(C)CC)n1. The molecule has 0 radical (unpaired) electrons. The highest BCUT2D eigenvalue weighted by Gasteiger charge is 2.04. The van der Waals surface area contributed by atoms with E-state index < -0.39 is 0 Å². The average Bonchev–Trinajstić information content (AvgIpc) is 2.44. The van der Waals surface area contributed by atoms with Gasteiger partial charge in [-0.2, -0.15) is 0 Å². The third-order valence-corrected chi connectivity index (χ3v) is 2.80. The Morgan fingerprint density at radius 2 is 2.00 bits per heavy atom. The maximum Gasteiger partial charge on any atom is 0.158 e. The first-order chi connectivity index (χ1) is 9.19. The molecule has 0 aliphatic carbocycles. The van der Waals surface area contributed by atoms with E-state index in [2.05, 4.69) is 39.5 Å². The van der Waals surface area contributed by atoms with E-state index in [1.165, 1.54) is 0 Å². The molecule has 1 rings (SSSR count). The van der Waals surface area contributed by atoms with Crippen molar-refractivity contribution in [2.24, 2.45) is 0 Å². The number of nitrogens with zero attached hydrogens (tertiary/aromatic N) is 3. The van der Waals surface area contributed by atoms with Crippen LogP contribution in [0.15, 0.2) is 6.07 Å². The summed E-state index contributed by atoms with van der Waals surface area (Å²) in [5, 5.41) is 6.35. The molecule has 0 bridgehead atoms. The van der Waals surface area contributed by atoms with Gasteiger partial charge in [-0.1, -0.05) is 6.92 Å². The molecule has 0 atom stereocenters. The smallest absolute Gasteiger partial charge is 0.158 e. The van der Waals surface area contributed by atoms with Crippen molar-refractivity contribution in [1.29, 1.82) is 0 Å². The second-order valence-electron chi connectivity index (χ2n) is 4.26. The predicted molar refractivity (Wildman–Crippen MR) is 78.6 cm³/mol. The van der Waals surface area contributed by atoms with E-state index in [1.54, 1.807) is 0 Å². The zero-order valence-electron chi connectivity index (χ0n) is 12.4. The predicted octanol–water partition coefficient (Wildman–Crippen LogP) is 1.42. The Morgan fingerprint density at radius 3 is 2.63 bits per heavy atom. The molecular weight excluding hydrogens is 242 g/mol. The Morgan fingerprint density at radius 1 is 1.26 bits per heavy atom. The van der Waals surface area contributed by atoms with Crippen LogP contribution in [-0.4, -0.2) is 55.2 Å². The van der Waals surface area contributed by atoms with E-state index >= 15 is 0 Å². The van der Waals surface area contributed by atoms with Crippen molar-refractivity contribution in [3.05, 3.63) is 11.9 Å². The Kier molecular flexibility index (Phi) is 7.14. The fourth-order valence-corrected chi connectivity index (χ4v) is 1.51. The fraction of sp³-hybridized carbons (Fsp3) is 0.692. The van der Waals surface area contributed by atoms with Crippen LogP contribution in [0, 0.1) is 0 Å². The van der Waals surface area contributed by atoms with E-state index in [-0.39, 0.29) is 0 Å². The van der Waals surface area contributed by atoms with Crippen LogP contribution in [0.5, 0.6) is 0 Å². The van der Waals surface area contributed by atoms with Gasteiger partial charge in [-0.3, -0.25) is 0 Å². The van der Waals surface area contributed by atoms with Gasteiger partial charge < -0.3 is 20.3 Å². The summed E-state index contributed by atoms with van der Waals surface area (Å²) in [5.74, 6) is 2.33. The second-order valence-corrected chi connectivity index (χ2v) is 4.26. The second kappa shape index (κ2) is 8.66. The maximum absolute atomic E-state index is 5.35. The van der Waals surface area contributed by atoms with Crippen molar-refractivity contribution >= 4 is 11.6 Å². The van der Waals surface area contributed by atoms with Gasteiger partial charge in [-0.15, -0.1) is 0 Å². The largest absolute Gasteiger partial charge is 0.374 e. The molecule has 2 N–H and O–H groups in total. The van der Waals surface area contributed by atoms with E-state index in [4.69, 9.17) is 4.74 Å². The molecule has 6 nitrogen and oxygen atoms in total. The molecule has 0 aliphatic heterocycles. The Balaban J connectivity index is 2.60. The van der Waals surface area contributed by atoms with Gasteiger partial charge >= 0.3 is 0 Å². The quantitative estimate of drug-likeness (QED) is 0.705. The minimum atomic E-state index is 0.440. The number of nitrogens with one attached hydrogen (secondary N) is 2. The molecule has 0 amide bonds. The normalized spacial score (nSPS) is 10.8. The molecule has 0 unspecified atom stereocenters. The van der Waals surface area contributed by atoms with Crippen molar-refractivity contribution in [3.63, 3.8) is 0 Å². The van der Waals surface area contributed by atoms with E-state index in [0.29, 0.717) is 19.0 Å². The highest BCUT2D eigenvalue weighted by molar-refractivity contribution is 5.47. The molecule has 1 aromatic rings. The van der Waals surface area contributed by atoms with Gasteiger partial charge in [0.05, 0.1) is 0 Å². The summed E-state index contributed by atoms with van der Waals surface area (Å²) < 4.78 is 5.35. The molecule has 0 fully saturated rings. The standard InChI is InChI=1S/C13H25N5O/c1-5-18(4)8-7-15-12-9-11(14-3)16-13(17-12)10-19-6-2/h9H,5-8,10H2,1-4H3,(H2,14,15,16,17). The molecule has 0 spiro atoms. The first-order valence-corrected chi connectivity index (χ1v) is 6.75. The van der Waals surface area contributed by atoms with Crippen LogP contribution in [0.4, 0.5) is 11.6 Å². The zero-order valence-corrected chi connectivity index (χ0v) is 12.4. The molecule has 19 heavy (non-hydrogen) atoms. The van der Waals surface area contributed by atoms with Crippen LogP contribution in [-0.2, 0) is 11.3 Å². The van der Waals surface area contributed by atoms with Gasteiger partial charge in [-0.25, -0.2) is 9.97 Å². The first-order valence-electron chi connectivity index (χ1n) is 6.75. The number of ether oxygens (including phenoxy) is 1. The number of anilines is 2. The van der Waals surface area contributed by atoms with E-state index in [0.717, 1.165) is 31.3 Å². The number of likely N-dealkylation sites (N-methyl/N-ethyl adjacent to an activating group) is 1. The molecule has 0 saturated heterocycles. The van der Waals surface area contributed by atoms with Crippen LogP contribution < -0.4 is 10.6 Å². The molecule has 108 valence electrons. The third kappa shape index (κ3) is 5.85. The van der Waals surface area contributed by atoms with E-state index in [9.17, 15) is 0 Å². The molecule has 0 aromatic carbocycles. The Labute approximate surface area is 115 Å². The summed E-state index contributed by atoms with van der Waals surface area (Å²) in [7, 11) is 3.95. The Hall–Kier alpha value is -1.40. The van der Waals surface area contributed by atoms with Gasteiger partial charge in [0, 0.05) is 32.8 Å². The average molecular weight is 267 g/mol. The minimum Gasteiger partial charge on any atom is -0.374 e. The van der Waals surface area contributed by atoms with Crippen LogP contribution >= 0.6 is 0 Å². The summed E-state index contributed by atoms with van der Waals surface area (Å²) in [4.78, 5) is 11.0. The lowest BCUT2D eigenvalue weighted by molar-refractivity contribution is 0.128. The molecule has 0 saturated carbocycles. The highest BCUT2D eigenvalue weighted by atomic mass is 16.5. The molecule has 1 aromatic heterocycles. The number of aromatic nitrogens is 2. The van der Waals surface area contributed by atoms with Gasteiger partial charge in [0.25, 0.3) is 0 Å². The fourth-order valence-electron chi connectivity index (χ4n) is 1.51. The highest BCUT2D eigenvalue weighted by Crippen LogP contribution is 2.11. The van der Waals surface area contributed by atoms with Gasteiger partial charge in [0.15, 0.2) is 5.82 Å². The van der Waals surface area contributed by atoms with Crippen molar-refractivity contribution < 1.29 is 4.74 Å². The van der Waals surface area contributed by atoms with Gasteiger partial charge in [0.2, 0.25) is 0 Å².